The van der Waals surface area contributed by atoms with Gasteiger partial charge in [-0.1, -0.05) is 35.9 Å². The van der Waals surface area contributed by atoms with Crippen molar-refractivity contribution in [3.05, 3.63) is 52.7 Å². The average Bonchev–Trinajstić information content (AvgIpc) is 3.88. The molecule has 0 radical (unpaired) electrons. The van der Waals surface area contributed by atoms with Crippen molar-refractivity contribution >= 4 is 40.0 Å². The van der Waals surface area contributed by atoms with E-state index in [1.807, 2.05) is 18.2 Å². The van der Waals surface area contributed by atoms with E-state index in [1.54, 1.807) is 0 Å². The van der Waals surface area contributed by atoms with Crippen LogP contribution in [0.3, 0.4) is 0 Å². The van der Waals surface area contributed by atoms with Crippen molar-refractivity contribution in [2.45, 2.75) is 43.8 Å². The highest BCUT2D eigenvalue weighted by Crippen LogP contribution is 2.43. The lowest BCUT2D eigenvalue weighted by Gasteiger charge is -2.41. The Morgan fingerprint density at radius 1 is 1.06 bits per heavy atom. The van der Waals surface area contributed by atoms with Crippen LogP contribution >= 0.6 is 11.6 Å². The molecule has 2 aromatic carbocycles. The molecule has 13 heteroatoms. The van der Waals surface area contributed by atoms with Crippen molar-refractivity contribution in [2.75, 3.05) is 82.0 Å². The number of hydrogen-bond donors (Lipinski definition) is 1. The molecule has 2 saturated heterocycles. The largest absolute Gasteiger partial charge is 0.465 e. The third kappa shape index (κ3) is 6.36. The molecule has 3 aromatic rings. The van der Waals surface area contributed by atoms with Crippen molar-refractivity contribution in [3.63, 3.8) is 0 Å². The average molecular weight is 663 g/mol. The number of anilines is 2. The molecule has 1 N–H and O–H groups in total. The van der Waals surface area contributed by atoms with Crippen LogP contribution in [0, 0.1) is 11.3 Å². The molecule has 0 spiro atoms. The number of benzene rings is 2. The lowest BCUT2D eigenvalue weighted by Crippen LogP contribution is -2.55. The van der Waals surface area contributed by atoms with Crippen LogP contribution in [0.25, 0.3) is 10.8 Å². The number of alkyl halides is 1. The van der Waals surface area contributed by atoms with Gasteiger partial charge in [-0.2, -0.15) is 15.2 Å². The van der Waals surface area contributed by atoms with E-state index in [9.17, 15) is 19.6 Å². The van der Waals surface area contributed by atoms with Gasteiger partial charge in [0.1, 0.15) is 19.1 Å². The number of aromatic nitrogens is 2. The summed E-state index contributed by atoms with van der Waals surface area (Å²) in [5, 5.41) is 22.0. The number of hydrogen-bond acceptors (Lipinski definition) is 9. The summed E-state index contributed by atoms with van der Waals surface area (Å²) in [5.41, 5.74) is 2.90. The number of carboxylic acid groups (broad SMARTS) is 1. The molecule has 1 aliphatic carbocycles. The van der Waals surface area contributed by atoms with E-state index < -0.39 is 12.1 Å². The summed E-state index contributed by atoms with van der Waals surface area (Å²) in [4.78, 5) is 32.3. The van der Waals surface area contributed by atoms with Crippen LogP contribution in [0.15, 0.2) is 36.4 Å². The minimum atomic E-state index is -1.01. The molecule has 1 atom stereocenters. The third-order valence-electron chi connectivity index (χ3n) is 10.3. The topological polar surface area (TPSA) is 112 Å². The summed E-state index contributed by atoms with van der Waals surface area (Å²) in [6, 6.07) is 14.2. The summed E-state index contributed by atoms with van der Waals surface area (Å²) in [5.74, 6) is 0.762. The van der Waals surface area contributed by atoms with Gasteiger partial charge in [0, 0.05) is 75.5 Å². The van der Waals surface area contributed by atoms with Crippen LogP contribution in [0.1, 0.15) is 30.5 Å². The fraction of sp³-hybridized carbons (Fsp3) is 0.529. The van der Waals surface area contributed by atoms with Crippen LogP contribution in [0.4, 0.5) is 20.7 Å². The van der Waals surface area contributed by atoms with Gasteiger partial charge in [0.05, 0.1) is 41.3 Å². The van der Waals surface area contributed by atoms with Crippen molar-refractivity contribution in [1.29, 1.82) is 5.26 Å². The number of fused-ring (bicyclic) bond motifs is 2. The standard InChI is InChI=1S/C34H40ClFN8O3/c35-27-5-1-3-24-4-2-6-29(30(24)27)41-13-8-26-28(22-41)38-32(39-31(26)42-17-20-44(33(45)46)25(21-42)7-12-37)47-23-34(9-10-34)43-18-15-40(14-11-36)16-19-43/h1-6,25H,7-11,13-23H2,(H,45,46). The van der Waals surface area contributed by atoms with E-state index in [1.165, 1.54) is 4.90 Å². The smallest absolute Gasteiger partial charge is 0.407 e. The van der Waals surface area contributed by atoms with Crippen LogP contribution in [-0.2, 0) is 13.0 Å². The van der Waals surface area contributed by atoms with E-state index in [-0.39, 0.29) is 25.2 Å². The Morgan fingerprint density at radius 3 is 2.57 bits per heavy atom. The van der Waals surface area contributed by atoms with E-state index in [4.69, 9.17) is 26.3 Å². The number of nitrogens with zero attached hydrogens (tertiary/aromatic N) is 8. The van der Waals surface area contributed by atoms with E-state index in [0.717, 1.165) is 79.1 Å². The quantitative estimate of drug-likeness (QED) is 0.353. The van der Waals surface area contributed by atoms with Gasteiger partial charge in [0.25, 0.3) is 0 Å². The molecule has 11 nitrogen and oxygen atoms in total. The summed E-state index contributed by atoms with van der Waals surface area (Å²) in [6.07, 6.45) is 1.87. The molecule has 0 bridgehead atoms. The minimum absolute atomic E-state index is 0.0576. The monoisotopic (exact) mass is 662 g/mol. The number of piperazine rings is 2. The highest BCUT2D eigenvalue weighted by molar-refractivity contribution is 6.36. The molecule has 7 rings (SSSR count). The molecule has 4 heterocycles. The fourth-order valence-electron chi connectivity index (χ4n) is 7.50. The number of amides is 1. The summed E-state index contributed by atoms with van der Waals surface area (Å²) < 4.78 is 19.4. The molecule has 47 heavy (non-hydrogen) atoms. The van der Waals surface area contributed by atoms with E-state index >= 15 is 0 Å². The predicted molar refractivity (Wildman–Crippen MR) is 178 cm³/mol. The maximum atomic E-state index is 12.9. The van der Waals surface area contributed by atoms with Crippen LogP contribution in [0.5, 0.6) is 6.01 Å². The highest BCUT2D eigenvalue weighted by Gasteiger charge is 2.49. The Kier molecular flexibility index (Phi) is 8.96. The zero-order valence-corrected chi connectivity index (χ0v) is 27.2. The zero-order chi connectivity index (χ0) is 32.5. The molecule has 3 fully saturated rings. The lowest BCUT2D eigenvalue weighted by molar-refractivity contribution is 0.0540. The zero-order valence-electron chi connectivity index (χ0n) is 26.5. The second kappa shape index (κ2) is 13.3. The van der Waals surface area contributed by atoms with E-state index in [0.29, 0.717) is 50.2 Å². The first-order valence-corrected chi connectivity index (χ1v) is 16.9. The molecule has 1 unspecified atom stereocenters. The summed E-state index contributed by atoms with van der Waals surface area (Å²) >= 11 is 6.71. The van der Waals surface area contributed by atoms with Gasteiger partial charge in [0.2, 0.25) is 0 Å². The van der Waals surface area contributed by atoms with Crippen LogP contribution in [-0.4, -0.2) is 120 Å². The first-order valence-electron chi connectivity index (χ1n) is 16.5. The van der Waals surface area contributed by atoms with Gasteiger partial charge >= 0.3 is 12.1 Å². The molecule has 1 amide bonds. The van der Waals surface area contributed by atoms with Gasteiger partial charge in [-0.15, -0.1) is 0 Å². The summed E-state index contributed by atoms with van der Waals surface area (Å²) in [6.45, 7) is 6.53. The van der Waals surface area contributed by atoms with Gasteiger partial charge in [-0.25, -0.2) is 9.18 Å². The number of ether oxygens (including phenoxy) is 1. The second-order valence-electron chi connectivity index (χ2n) is 13.0. The van der Waals surface area contributed by atoms with Gasteiger partial charge in [0.15, 0.2) is 0 Å². The Bertz CT molecular complexity index is 1670. The van der Waals surface area contributed by atoms with Crippen LogP contribution in [0.2, 0.25) is 5.02 Å². The number of rotatable bonds is 9. The lowest BCUT2D eigenvalue weighted by atomic mass is 10.0. The molecular weight excluding hydrogens is 623 g/mol. The number of halogens is 2. The SMILES string of the molecule is N#CCC1CN(c2nc(OCC3(N4CCN(CCF)CC4)CC3)nc3c2CCN(c2cccc4cccc(Cl)c24)C3)CCN1C(=O)O. The highest BCUT2D eigenvalue weighted by atomic mass is 35.5. The molecule has 1 aromatic heterocycles. The Balaban J connectivity index is 1.18. The number of nitriles is 1. The maximum Gasteiger partial charge on any atom is 0.407 e. The van der Waals surface area contributed by atoms with Crippen molar-refractivity contribution in [1.82, 2.24) is 24.7 Å². The van der Waals surface area contributed by atoms with E-state index in [2.05, 4.69) is 43.9 Å². The molecule has 3 aliphatic heterocycles. The van der Waals surface area contributed by atoms with Gasteiger partial charge in [-0.3, -0.25) is 9.80 Å². The van der Waals surface area contributed by atoms with Gasteiger partial charge in [-0.05, 0) is 36.8 Å². The predicted octanol–water partition coefficient (Wildman–Crippen LogP) is 4.43. The summed E-state index contributed by atoms with van der Waals surface area (Å²) in [7, 11) is 0. The Labute approximate surface area is 279 Å². The minimum Gasteiger partial charge on any atom is -0.465 e. The molecule has 248 valence electrons. The second-order valence-corrected chi connectivity index (χ2v) is 13.4. The Morgan fingerprint density at radius 2 is 1.85 bits per heavy atom. The molecular formula is C34H40ClFN8O3. The van der Waals surface area contributed by atoms with Crippen molar-refractivity contribution < 1.29 is 19.0 Å². The molecule has 4 aliphatic rings. The normalized spacial score (nSPS) is 21.4. The van der Waals surface area contributed by atoms with Gasteiger partial charge < -0.3 is 24.5 Å². The maximum absolute atomic E-state index is 12.9. The third-order valence-corrected chi connectivity index (χ3v) is 10.6. The first kappa shape index (κ1) is 31.7. The molecule has 1 saturated carbocycles. The Hall–Kier alpha value is -3.92. The number of carbonyl (C=O) groups is 1. The van der Waals surface area contributed by atoms with Crippen molar-refractivity contribution in [2.24, 2.45) is 0 Å². The van der Waals surface area contributed by atoms with Crippen LogP contribution < -0.4 is 14.5 Å². The van der Waals surface area contributed by atoms with Crippen molar-refractivity contribution in [3.8, 4) is 12.1 Å². The first-order chi connectivity index (χ1) is 22.9. The fourth-order valence-corrected chi connectivity index (χ4v) is 7.78.